The molecule has 1 aromatic rings. The van der Waals surface area contributed by atoms with Gasteiger partial charge in [-0.15, -0.1) is 11.3 Å². The maximum atomic E-state index is 11.2. The molecule has 1 aromatic heterocycles. The highest BCUT2D eigenvalue weighted by molar-refractivity contribution is 7.14. The average molecular weight is 194 g/mol. The van der Waals surface area contributed by atoms with Crippen LogP contribution < -0.4 is 5.32 Å². The zero-order valence-electron chi connectivity index (χ0n) is 7.55. The van der Waals surface area contributed by atoms with Gasteiger partial charge in [0.25, 0.3) is 5.91 Å². The van der Waals surface area contributed by atoms with E-state index in [0.717, 1.165) is 11.3 Å². The molecule has 0 spiro atoms. The maximum absolute atomic E-state index is 11.2. The molecule has 1 N–H and O–H groups in total. The van der Waals surface area contributed by atoms with Gasteiger partial charge in [0.05, 0.1) is 4.88 Å². The van der Waals surface area contributed by atoms with Crippen molar-refractivity contribution in [1.29, 1.82) is 5.26 Å². The molecule has 0 aliphatic rings. The van der Waals surface area contributed by atoms with Crippen molar-refractivity contribution in [3.05, 3.63) is 21.4 Å². The van der Waals surface area contributed by atoms with Crippen LogP contribution >= 0.6 is 11.3 Å². The van der Waals surface area contributed by atoms with E-state index in [1.54, 1.807) is 6.19 Å². The van der Waals surface area contributed by atoms with Crippen LogP contribution in [-0.2, 0) is 6.42 Å². The van der Waals surface area contributed by atoms with Crippen LogP contribution in [0.4, 0.5) is 0 Å². The van der Waals surface area contributed by atoms with Crippen molar-refractivity contribution >= 4 is 17.2 Å². The summed E-state index contributed by atoms with van der Waals surface area (Å²) in [5.41, 5.74) is 1.17. The number of nitrogens with one attached hydrogen (secondary N) is 1. The Bertz CT molecular complexity index is 362. The van der Waals surface area contributed by atoms with Gasteiger partial charge in [0.15, 0.2) is 6.19 Å². The lowest BCUT2D eigenvalue weighted by Gasteiger charge is -1.89. The largest absolute Gasteiger partial charge is 0.274 e. The first-order valence-corrected chi connectivity index (χ1v) is 4.79. The number of thiophene rings is 1. The first-order valence-electron chi connectivity index (χ1n) is 3.97. The molecule has 1 heterocycles. The van der Waals surface area contributed by atoms with E-state index in [9.17, 15) is 4.79 Å². The first-order chi connectivity index (χ1) is 6.19. The normalized spacial score (nSPS) is 9.31. The molecule has 0 radical (unpaired) electrons. The van der Waals surface area contributed by atoms with Crippen LogP contribution in [0.1, 0.15) is 27.0 Å². The summed E-state index contributed by atoms with van der Waals surface area (Å²) in [7, 11) is 0. The molecule has 0 saturated heterocycles. The molecule has 0 fully saturated rings. The minimum atomic E-state index is -0.310. The van der Waals surface area contributed by atoms with Crippen LogP contribution in [0.15, 0.2) is 6.07 Å². The molecule has 1 rings (SSSR count). The van der Waals surface area contributed by atoms with Gasteiger partial charge in [0, 0.05) is 4.88 Å². The molecular weight excluding hydrogens is 184 g/mol. The molecule has 1 amide bonds. The Labute approximate surface area is 81.0 Å². The summed E-state index contributed by atoms with van der Waals surface area (Å²) in [6.07, 6.45) is 2.54. The number of carbonyl (C=O) groups is 1. The maximum Gasteiger partial charge on any atom is 0.274 e. The Balaban J connectivity index is 2.91. The lowest BCUT2D eigenvalue weighted by molar-refractivity contribution is 0.0977. The third-order valence-corrected chi connectivity index (χ3v) is 2.89. The van der Waals surface area contributed by atoms with Crippen molar-refractivity contribution in [1.82, 2.24) is 5.32 Å². The van der Waals surface area contributed by atoms with Crippen LogP contribution in [0.3, 0.4) is 0 Å². The van der Waals surface area contributed by atoms with Crippen molar-refractivity contribution in [2.24, 2.45) is 0 Å². The van der Waals surface area contributed by atoms with Crippen molar-refractivity contribution in [2.45, 2.75) is 20.3 Å². The van der Waals surface area contributed by atoms with E-state index in [1.165, 1.54) is 16.9 Å². The van der Waals surface area contributed by atoms with Crippen molar-refractivity contribution in [3.63, 3.8) is 0 Å². The van der Waals surface area contributed by atoms with E-state index < -0.39 is 0 Å². The van der Waals surface area contributed by atoms with E-state index >= 15 is 0 Å². The van der Waals surface area contributed by atoms with Gasteiger partial charge in [0.1, 0.15) is 0 Å². The van der Waals surface area contributed by atoms with Crippen LogP contribution in [0.5, 0.6) is 0 Å². The molecule has 0 aliphatic carbocycles. The number of amides is 1. The number of hydrogen-bond donors (Lipinski definition) is 1. The predicted octanol–water partition coefficient (Wildman–Crippen LogP) is 1.83. The third kappa shape index (κ3) is 2.07. The monoisotopic (exact) mass is 194 g/mol. The number of hydrogen-bond acceptors (Lipinski definition) is 3. The van der Waals surface area contributed by atoms with Gasteiger partial charge in [-0.3, -0.25) is 10.1 Å². The second-order valence-electron chi connectivity index (χ2n) is 2.61. The molecule has 68 valence electrons. The van der Waals surface area contributed by atoms with E-state index in [1.807, 2.05) is 19.9 Å². The molecule has 13 heavy (non-hydrogen) atoms. The highest BCUT2D eigenvalue weighted by Gasteiger charge is 2.10. The molecule has 0 bridgehead atoms. The second-order valence-corrected chi connectivity index (χ2v) is 3.87. The van der Waals surface area contributed by atoms with E-state index in [0.29, 0.717) is 4.88 Å². The summed E-state index contributed by atoms with van der Waals surface area (Å²) in [5.74, 6) is -0.310. The summed E-state index contributed by atoms with van der Waals surface area (Å²) in [6.45, 7) is 4.02. The van der Waals surface area contributed by atoms with Gasteiger partial charge >= 0.3 is 0 Å². The van der Waals surface area contributed by atoms with E-state index in [2.05, 4.69) is 5.32 Å². The van der Waals surface area contributed by atoms with Crippen molar-refractivity contribution in [2.75, 3.05) is 0 Å². The Morgan fingerprint density at radius 3 is 2.92 bits per heavy atom. The number of nitrogens with zero attached hydrogens (tertiary/aromatic N) is 1. The molecule has 3 nitrogen and oxygen atoms in total. The minimum absolute atomic E-state index is 0.310. The molecular formula is C9H10N2OS. The summed E-state index contributed by atoms with van der Waals surface area (Å²) < 4.78 is 0. The van der Waals surface area contributed by atoms with Crippen LogP contribution in [0.2, 0.25) is 0 Å². The van der Waals surface area contributed by atoms with Gasteiger partial charge in [-0.1, -0.05) is 6.92 Å². The van der Waals surface area contributed by atoms with Gasteiger partial charge in [0.2, 0.25) is 0 Å². The first kappa shape index (κ1) is 9.75. The fourth-order valence-corrected chi connectivity index (χ4v) is 2.10. The van der Waals surface area contributed by atoms with E-state index in [4.69, 9.17) is 5.26 Å². The van der Waals surface area contributed by atoms with Crippen LogP contribution in [-0.4, -0.2) is 5.91 Å². The second kappa shape index (κ2) is 4.06. The van der Waals surface area contributed by atoms with Crippen molar-refractivity contribution in [3.8, 4) is 6.19 Å². The van der Waals surface area contributed by atoms with Gasteiger partial charge < -0.3 is 0 Å². The van der Waals surface area contributed by atoms with Gasteiger partial charge in [-0.05, 0) is 25.0 Å². The fraction of sp³-hybridized carbons (Fsp3) is 0.333. The topological polar surface area (TPSA) is 52.9 Å². The molecule has 0 unspecified atom stereocenters. The summed E-state index contributed by atoms with van der Waals surface area (Å²) in [6, 6.07) is 1.84. The van der Waals surface area contributed by atoms with Crippen LogP contribution in [0.25, 0.3) is 0 Å². The summed E-state index contributed by atoms with van der Waals surface area (Å²) >= 11 is 1.42. The number of nitriles is 1. The Hall–Kier alpha value is -1.34. The zero-order chi connectivity index (χ0) is 9.84. The van der Waals surface area contributed by atoms with Crippen LogP contribution in [0, 0.1) is 18.4 Å². The fourth-order valence-electron chi connectivity index (χ4n) is 1.10. The Morgan fingerprint density at radius 1 is 1.77 bits per heavy atom. The quantitative estimate of drug-likeness (QED) is 0.576. The number of aryl methyl sites for hydroxylation is 2. The number of rotatable bonds is 2. The lowest BCUT2D eigenvalue weighted by Crippen LogP contribution is -2.15. The highest BCUT2D eigenvalue weighted by Crippen LogP contribution is 2.21. The zero-order valence-corrected chi connectivity index (χ0v) is 8.36. The highest BCUT2D eigenvalue weighted by atomic mass is 32.1. The standard InChI is InChI=1S/C9H10N2OS/c1-3-7-4-8(13-6(7)2)9(12)11-5-10/h4H,3H2,1-2H3,(H,11,12). The molecule has 0 aliphatic heterocycles. The average Bonchev–Trinajstić information content (AvgIpc) is 2.47. The molecule has 4 heteroatoms. The molecule has 0 atom stereocenters. The number of carbonyl (C=O) groups excluding carboxylic acids is 1. The molecule has 0 aromatic carbocycles. The lowest BCUT2D eigenvalue weighted by atomic mass is 10.2. The predicted molar refractivity (Wildman–Crippen MR) is 51.5 cm³/mol. The third-order valence-electron chi connectivity index (χ3n) is 1.79. The Kier molecular flexibility index (Phi) is 3.04. The Morgan fingerprint density at radius 2 is 2.46 bits per heavy atom. The summed E-state index contributed by atoms with van der Waals surface area (Å²) in [5, 5.41) is 10.4. The van der Waals surface area contributed by atoms with Crippen molar-refractivity contribution < 1.29 is 4.79 Å². The van der Waals surface area contributed by atoms with E-state index in [-0.39, 0.29) is 5.91 Å². The van der Waals surface area contributed by atoms with Gasteiger partial charge in [-0.2, -0.15) is 5.26 Å². The minimum Gasteiger partial charge on any atom is -0.267 e. The SMILES string of the molecule is CCc1cc(C(=O)NC#N)sc1C. The van der Waals surface area contributed by atoms with Gasteiger partial charge in [-0.25, -0.2) is 0 Å². The smallest absolute Gasteiger partial charge is 0.267 e. The molecule has 0 saturated carbocycles. The summed E-state index contributed by atoms with van der Waals surface area (Å²) in [4.78, 5) is 13.0.